The van der Waals surface area contributed by atoms with E-state index in [0.717, 1.165) is 69.6 Å². The van der Waals surface area contributed by atoms with Crippen LogP contribution in [0.15, 0.2) is 0 Å². The van der Waals surface area contributed by atoms with Crippen LogP contribution in [0.4, 0.5) is 0 Å². The second-order valence-corrected chi connectivity index (χ2v) is 17.8. The van der Waals surface area contributed by atoms with Gasteiger partial charge in [-0.15, -0.1) is 0 Å². The minimum Gasteiger partial charge on any atom is -0.462 e. The molecule has 0 heterocycles. The molecule has 6 heteroatoms. The van der Waals surface area contributed by atoms with Crippen LogP contribution in [0.1, 0.15) is 272 Å². The van der Waals surface area contributed by atoms with Crippen LogP contribution in [0, 0.1) is 11.8 Å². The molecule has 0 aromatic heterocycles. The molecule has 0 amide bonds. The zero-order chi connectivity index (χ0) is 41.2. The molecule has 0 bridgehead atoms. The van der Waals surface area contributed by atoms with Crippen LogP contribution in [0.3, 0.4) is 0 Å². The van der Waals surface area contributed by atoms with Gasteiger partial charge in [0.1, 0.15) is 13.2 Å². The van der Waals surface area contributed by atoms with Crippen LogP contribution in [-0.2, 0) is 28.6 Å². The van der Waals surface area contributed by atoms with Crippen molar-refractivity contribution in [2.24, 2.45) is 11.8 Å². The fourth-order valence-corrected chi connectivity index (χ4v) is 7.43. The van der Waals surface area contributed by atoms with Crippen molar-refractivity contribution in [2.45, 2.75) is 278 Å². The Kier molecular flexibility index (Phi) is 41.8. The number of carbonyl (C=O) groups is 3. The summed E-state index contributed by atoms with van der Waals surface area (Å²) >= 11 is 0. The van der Waals surface area contributed by atoms with Crippen molar-refractivity contribution >= 4 is 17.9 Å². The predicted molar refractivity (Wildman–Crippen MR) is 238 cm³/mol. The molecule has 0 saturated carbocycles. The Morgan fingerprint density at radius 2 is 0.679 bits per heavy atom. The first-order valence-electron chi connectivity index (χ1n) is 24.8. The van der Waals surface area contributed by atoms with Gasteiger partial charge < -0.3 is 14.2 Å². The number of esters is 3. The summed E-state index contributed by atoms with van der Waals surface area (Å²) in [5, 5.41) is 0. The van der Waals surface area contributed by atoms with Gasteiger partial charge in [-0.05, 0) is 31.1 Å². The van der Waals surface area contributed by atoms with E-state index in [0.29, 0.717) is 19.3 Å². The molecule has 56 heavy (non-hydrogen) atoms. The van der Waals surface area contributed by atoms with Crippen molar-refractivity contribution in [2.75, 3.05) is 13.2 Å². The molecule has 1 unspecified atom stereocenters. The average molecular weight is 793 g/mol. The number of hydrogen-bond acceptors (Lipinski definition) is 6. The van der Waals surface area contributed by atoms with Crippen LogP contribution in [-0.4, -0.2) is 37.2 Å². The molecule has 0 radical (unpaired) electrons. The molecular formula is C50H96O6. The van der Waals surface area contributed by atoms with Crippen molar-refractivity contribution in [3.05, 3.63) is 0 Å². The van der Waals surface area contributed by atoms with Gasteiger partial charge in [0, 0.05) is 19.3 Å². The summed E-state index contributed by atoms with van der Waals surface area (Å²) < 4.78 is 16.7. The molecule has 0 fully saturated rings. The normalized spacial score (nSPS) is 12.5. The number of rotatable bonds is 44. The third-order valence-corrected chi connectivity index (χ3v) is 11.6. The minimum absolute atomic E-state index is 0.0646. The van der Waals surface area contributed by atoms with E-state index in [2.05, 4.69) is 34.6 Å². The molecular weight excluding hydrogens is 697 g/mol. The first kappa shape index (κ1) is 54.4. The molecule has 0 spiro atoms. The molecule has 0 saturated heterocycles. The maximum Gasteiger partial charge on any atom is 0.306 e. The Morgan fingerprint density at radius 3 is 1.02 bits per heavy atom. The summed E-state index contributed by atoms with van der Waals surface area (Å²) in [5.41, 5.74) is 0. The highest BCUT2D eigenvalue weighted by Gasteiger charge is 2.19. The summed E-state index contributed by atoms with van der Waals surface area (Å²) in [6, 6.07) is 0. The topological polar surface area (TPSA) is 78.9 Å². The lowest BCUT2D eigenvalue weighted by molar-refractivity contribution is -0.167. The molecule has 0 aliphatic carbocycles. The summed E-state index contributed by atoms with van der Waals surface area (Å²) in [5.74, 6) is 0.835. The molecule has 0 N–H and O–H groups in total. The summed E-state index contributed by atoms with van der Waals surface area (Å²) in [6.45, 7) is 11.4. The highest BCUT2D eigenvalue weighted by atomic mass is 16.6. The van der Waals surface area contributed by atoms with Gasteiger partial charge in [-0.1, -0.05) is 234 Å². The predicted octanol–water partition coefficient (Wildman–Crippen LogP) is 15.8. The van der Waals surface area contributed by atoms with Crippen LogP contribution in [0.25, 0.3) is 0 Å². The summed E-state index contributed by atoms with van der Waals surface area (Å²) in [4.78, 5) is 37.8. The third kappa shape index (κ3) is 42.0. The van der Waals surface area contributed by atoms with Gasteiger partial charge in [-0.2, -0.15) is 0 Å². The van der Waals surface area contributed by atoms with Crippen molar-refractivity contribution < 1.29 is 28.6 Å². The van der Waals surface area contributed by atoms with Crippen molar-refractivity contribution in [1.82, 2.24) is 0 Å². The molecule has 332 valence electrons. The molecule has 2 atom stereocenters. The summed E-state index contributed by atoms with van der Waals surface area (Å²) in [7, 11) is 0. The Bertz CT molecular complexity index is 856. The second-order valence-electron chi connectivity index (χ2n) is 17.8. The van der Waals surface area contributed by atoms with E-state index in [4.69, 9.17) is 14.2 Å². The minimum atomic E-state index is -0.760. The van der Waals surface area contributed by atoms with E-state index in [9.17, 15) is 14.4 Å². The lowest BCUT2D eigenvalue weighted by Crippen LogP contribution is -2.30. The third-order valence-electron chi connectivity index (χ3n) is 11.6. The Hall–Kier alpha value is -1.59. The first-order valence-corrected chi connectivity index (χ1v) is 24.8. The lowest BCUT2D eigenvalue weighted by Gasteiger charge is -2.18. The van der Waals surface area contributed by atoms with Gasteiger partial charge in [-0.25, -0.2) is 0 Å². The van der Waals surface area contributed by atoms with Crippen LogP contribution >= 0.6 is 0 Å². The molecule has 0 aliphatic heterocycles. The van der Waals surface area contributed by atoms with Gasteiger partial charge in [0.2, 0.25) is 0 Å². The number of carbonyl (C=O) groups excluding carboxylic acids is 3. The fourth-order valence-electron chi connectivity index (χ4n) is 7.43. The smallest absolute Gasteiger partial charge is 0.306 e. The van der Waals surface area contributed by atoms with Crippen LogP contribution in [0.5, 0.6) is 0 Å². The second kappa shape index (κ2) is 43.0. The SMILES string of the molecule is CCCCCCCCCCCC(=O)OC[C@H](COC(=O)CCCCCCCCCCC(C)C)OC(=O)CCCCCCCCCCCCCCCCC(C)CC. The van der Waals surface area contributed by atoms with Crippen LogP contribution in [0.2, 0.25) is 0 Å². The van der Waals surface area contributed by atoms with Crippen molar-refractivity contribution in [1.29, 1.82) is 0 Å². The van der Waals surface area contributed by atoms with E-state index in [-0.39, 0.29) is 31.1 Å². The Balaban J connectivity index is 4.26. The van der Waals surface area contributed by atoms with Gasteiger partial charge >= 0.3 is 17.9 Å². The molecule has 0 aromatic carbocycles. The average Bonchev–Trinajstić information content (AvgIpc) is 3.18. The zero-order valence-electron chi connectivity index (χ0n) is 38.3. The van der Waals surface area contributed by atoms with E-state index in [1.165, 1.54) is 161 Å². The monoisotopic (exact) mass is 793 g/mol. The van der Waals surface area contributed by atoms with Crippen molar-refractivity contribution in [3.8, 4) is 0 Å². The number of unbranched alkanes of at least 4 members (excludes halogenated alkanes) is 28. The van der Waals surface area contributed by atoms with E-state index < -0.39 is 6.10 Å². The quantitative estimate of drug-likeness (QED) is 0.0347. The van der Waals surface area contributed by atoms with Gasteiger partial charge in [0.15, 0.2) is 6.10 Å². The zero-order valence-corrected chi connectivity index (χ0v) is 38.3. The molecule has 0 aliphatic rings. The maximum atomic E-state index is 12.8. The van der Waals surface area contributed by atoms with Gasteiger partial charge in [0.05, 0.1) is 0 Å². The van der Waals surface area contributed by atoms with E-state index in [1.807, 2.05) is 0 Å². The highest BCUT2D eigenvalue weighted by Crippen LogP contribution is 2.18. The van der Waals surface area contributed by atoms with Gasteiger partial charge in [0.25, 0.3) is 0 Å². The number of ether oxygens (including phenoxy) is 3. The highest BCUT2D eigenvalue weighted by molar-refractivity contribution is 5.71. The Morgan fingerprint density at radius 1 is 0.375 bits per heavy atom. The first-order chi connectivity index (χ1) is 27.3. The fraction of sp³-hybridized carbons (Fsp3) is 0.940. The molecule has 0 aromatic rings. The van der Waals surface area contributed by atoms with E-state index >= 15 is 0 Å². The van der Waals surface area contributed by atoms with Gasteiger partial charge in [-0.3, -0.25) is 14.4 Å². The number of hydrogen-bond donors (Lipinski definition) is 0. The largest absolute Gasteiger partial charge is 0.462 e. The lowest BCUT2D eigenvalue weighted by atomic mass is 9.99. The molecule has 6 nitrogen and oxygen atoms in total. The van der Waals surface area contributed by atoms with E-state index in [1.54, 1.807) is 0 Å². The molecule has 0 rings (SSSR count). The standard InChI is InChI=1S/C50H96O6/c1-6-8-9-10-11-18-25-30-35-40-48(51)54-43-47(44-55-49(52)41-36-31-26-22-21-23-28-33-38-45(3)4)56-50(53)42-37-32-27-20-17-15-13-12-14-16-19-24-29-34-39-46(5)7-2/h45-47H,6-44H2,1-5H3/t46?,47-/m1/s1. The Labute approximate surface area is 348 Å². The maximum absolute atomic E-state index is 12.8. The van der Waals surface area contributed by atoms with Crippen LogP contribution < -0.4 is 0 Å². The summed E-state index contributed by atoms with van der Waals surface area (Å²) in [6.07, 6.45) is 42.3. The van der Waals surface area contributed by atoms with Crippen molar-refractivity contribution in [3.63, 3.8) is 0 Å².